The van der Waals surface area contributed by atoms with Gasteiger partial charge in [-0.15, -0.1) is 0 Å². The standard InChI is InChI=1S/C18H14N4S.C2H6O/c19-17-15-10-14(7-8-16(15)21-18(20)22-17)23-13-6-5-11-3-1-2-4-12(11)9-13;1-2-3/h1-10H,(H4,19,20,21,22);3H,2H2,1H3. The Labute approximate surface area is 156 Å². The maximum atomic E-state index is 7.57. The zero-order valence-corrected chi connectivity index (χ0v) is 15.2. The molecule has 0 atom stereocenters. The van der Waals surface area contributed by atoms with Gasteiger partial charge in [0.15, 0.2) is 0 Å². The molecule has 0 unspecified atom stereocenters. The van der Waals surface area contributed by atoms with Gasteiger partial charge in [-0.2, -0.15) is 4.98 Å². The highest BCUT2D eigenvalue weighted by molar-refractivity contribution is 7.99. The van der Waals surface area contributed by atoms with Gasteiger partial charge in [0, 0.05) is 21.8 Å². The summed E-state index contributed by atoms with van der Waals surface area (Å²) in [6.45, 7) is 1.93. The molecule has 3 aromatic carbocycles. The number of nitrogens with two attached hydrogens (primary N) is 2. The van der Waals surface area contributed by atoms with Crippen LogP contribution in [0.25, 0.3) is 21.7 Å². The Morgan fingerprint density at radius 3 is 2.31 bits per heavy atom. The molecule has 0 radical (unpaired) electrons. The lowest BCUT2D eigenvalue weighted by atomic mass is 10.1. The average Bonchev–Trinajstić information content (AvgIpc) is 2.63. The molecule has 5 nitrogen and oxygen atoms in total. The number of nitrogen functional groups attached to an aromatic ring is 2. The van der Waals surface area contributed by atoms with Gasteiger partial charge in [-0.1, -0.05) is 42.1 Å². The number of aromatic nitrogens is 2. The van der Waals surface area contributed by atoms with Crippen molar-refractivity contribution in [1.29, 1.82) is 0 Å². The molecule has 0 saturated carbocycles. The van der Waals surface area contributed by atoms with Gasteiger partial charge >= 0.3 is 0 Å². The molecule has 1 aromatic heterocycles. The van der Waals surface area contributed by atoms with E-state index in [1.807, 2.05) is 24.3 Å². The Morgan fingerprint density at radius 2 is 1.54 bits per heavy atom. The Morgan fingerprint density at radius 1 is 0.885 bits per heavy atom. The molecule has 0 aliphatic rings. The first-order chi connectivity index (χ1) is 12.6. The monoisotopic (exact) mass is 364 g/mol. The van der Waals surface area contributed by atoms with Crippen LogP contribution in [0.3, 0.4) is 0 Å². The third kappa shape index (κ3) is 4.04. The molecule has 0 fully saturated rings. The summed E-state index contributed by atoms with van der Waals surface area (Å²) in [7, 11) is 0. The van der Waals surface area contributed by atoms with E-state index in [0.717, 1.165) is 15.8 Å². The predicted octanol–water partition coefficient (Wildman–Crippen LogP) is 4.10. The van der Waals surface area contributed by atoms with Crippen molar-refractivity contribution < 1.29 is 5.11 Å². The van der Waals surface area contributed by atoms with E-state index >= 15 is 0 Å². The third-order valence-corrected chi connectivity index (χ3v) is 4.65. The van der Waals surface area contributed by atoms with Crippen molar-refractivity contribution in [1.82, 2.24) is 9.97 Å². The minimum absolute atomic E-state index is 0.199. The van der Waals surface area contributed by atoms with E-state index in [1.165, 1.54) is 15.7 Å². The van der Waals surface area contributed by atoms with E-state index in [0.29, 0.717) is 5.82 Å². The molecule has 5 N–H and O–H groups in total. The molecule has 0 amide bonds. The average molecular weight is 364 g/mol. The normalized spacial score (nSPS) is 10.5. The molecule has 132 valence electrons. The van der Waals surface area contributed by atoms with Crippen molar-refractivity contribution in [3.05, 3.63) is 60.7 Å². The topological polar surface area (TPSA) is 98.0 Å². The van der Waals surface area contributed by atoms with Crippen molar-refractivity contribution in [2.75, 3.05) is 18.1 Å². The highest BCUT2D eigenvalue weighted by Gasteiger charge is 2.06. The zero-order chi connectivity index (χ0) is 18.5. The van der Waals surface area contributed by atoms with Gasteiger partial charge in [0.05, 0.1) is 5.52 Å². The van der Waals surface area contributed by atoms with Crippen molar-refractivity contribution >= 4 is 45.2 Å². The molecule has 4 aromatic rings. The molecule has 0 aliphatic carbocycles. The van der Waals surface area contributed by atoms with Crippen molar-refractivity contribution in [3.8, 4) is 0 Å². The van der Waals surface area contributed by atoms with Crippen molar-refractivity contribution in [2.45, 2.75) is 16.7 Å². The number of fused-ring (bicyclic) bond motifs is 2. The summed E-state index contributed by atoms with van der Waals surface area (Å²) in [5.41, 5.74) is 12.3. The van der Waals surface area contributed by atoms with E-state index in [-0.39, 0.29) is 12.6 Å². The van der Waals surface area contributed by atoms with Crippen molar-refractivity contribution in [2.24, 2.45) is 0 Å². The molecule has 1 heterocycles. The minimum atomic E-state index is 0.199. The van der Waals surface area contributed by atoms with Crippen LogP contribution in [0.15, 0.2) is 70.5 Å². The Hall–Kier alpha value is -2.83. The number of aliphatic hydroxyl groups is 1. The second-order valence-corrected chi connectivity index (χ2v) is 6.72. The van der Waals surface area contributed by atoms with Gasteiger partial charge in [-0.05, 0) is 48.0 Å². The second kappa shape index (κ2) is 8.03. The molecule has 26 heavy (non-hydrogen) atoms. The first kappa shape index (κ1) is 18.0. The van der Waals surface area contributed by atoms with Crippen molar-refractivity contribution in [3.63, 3.8) is 0 Å². The van der Waals surface area contributed by atoms with Crippen LogP contribution in [0.5, 0.6) is 0 Å². The molecule has 0 bridgehead atoms. The van der Waals surface area contributed by atoms with Crippen LogP contribution >= 0.6 is 11.8 Å². The zero-order valence-electron chi connectivity index (χ0n) is 14.4. The number of hydrogen-bond acceptors (Lipinski definition) is 6. The molecule has 4 rings (SSSR count). The summed E-state index contributed by atoms with van der Waals surface area (Å²) < 4.78 is 0. The largest absolute Gasteiger partial charge is 0.397 e. The Kier molecular flexibility index (Phi) is 5.55. The van der Waals surface area contributed by atoms with Gasteiger partial charge in [0.2, 0.25) is 5.95 Å². The Bertz CT molecular complexity index is 1050. The van der Waals surface area contributed by atoms with E-state index in [1.54, 1.807) is 18.7 Å². The van der Waals surface area contributed by atoms with Crippen LogP contribution in [0.2, 0.25) is 0 Å². The van der Waals surface area contributed by atoms with Crippen LogP contribution in [0.1, 0.15) is 6.92 Å². The van der Waals surface area contributed by atoms with Gasteiger partial charge in [0.25, 0.3) is 0 Å². The molecule has 0 saturated heterocycles. The van der Waals surface area contributed by atoms with Crippen LogP contribution < -0.4 is 11.5 Å². The fourth-order valence-corrected chi connectivity index (χ4v) is 3.49. The molecular formula is C20H20N4OS. The smallest absolute Gasteiger partial charge is 0.222 e. The second-order valence-electron chi connectivity index (χ2n) is 5.57. The molecule has 6 heteroatoms. The van der Waals surface area contributed by atoms with E-state index in [9.17, 15) is 0 Å². The fraction of sp³-hybridized carbons (Fsp3) is 0.100. The SMILES string of the molecule is CCO.Nc1nc(N)c2cc(Sc3ccc4ccccc4c3)ccc2n1. The van der Waals surface area contributed by atoms with Crippen LogP contribution in [-0.4, -0.2) is 21.7 Å². The van der Waals surface area contributed by atoms with Crippen LogP contribution in [0, 0.1) is 0 Å². The van der Waals surface area contributed by atoms with Gasteiger partial charge in [-0.25, -0.2) is 4.98 Å². The van der Waals surface area contributed by atoms with E-state index in [4.69, 9.17) is 16.6 Å². The highest BCUT2D eigenvalue weighted by Crippen LogP contribution is 2.32. The molecule has 0 spiro atoms. The number of hydrogen-bond donors (Lipinski definition) is 3. The summed E-state index contributed by atoms with van der Waals surface area (Å²) >= 11 is 1.69. The summed E-state index contributed by atoms with van der Waals surface area (Å²) in [6, 6.07) is 20.7. The van der Waals surface area contributed by atoms with Crippen LogP contribution in [-0.2, 0) is 0 Å². The predicted molar refractivity (Wildman–Crippen MR) is 109 cm³/mol. The highest BCUT2D eigenvalue weighted by atomic mass is 32.2. The van der Waals surface area contributed by atoms with E-state index in [2.05, 4.69) is 46.4 Å². The summed E-state index contributed by atoms with van der Waals surface area (Å²) in [5.74, 6) is 0.610. The number of nitrogens with zero attached hydrogens (tertiary/aromatic N) is 2. The lowest BCUT2D eigenvalue weighted by molar-refractivity contribution is 0.318. The van der Waals surface area contributed by atoms with E-state index < -0.39 is 0 Å². The quantitative estimate of drug-likeness (QED) is 0.495. The molecular weight excluding hydrogens is 344 g/mol. The lowest BCUT2D eigenvalue weighted by Gasteiger charge is -2.07. The number of rotatable bonds is 2. The Balaban J connectivity index is 0.000000613. The maximum Gasteiger partial charge on any atom is 0.222 e. The first-order valence-electron chi connectivity index (χ1n) is 8.21. The minimum Gasteiger partial charge on any atom is -0.397 e. The summed E-state index contributed by atoms with van der Waals surface area (Å²) in [4.78, 5) is 10.5. The molecule has 0 aliphatic heterocycles. The third-order valence-electron chi connectivity index (χ3n) is 3.67. The first-order valence-corrected chi connectivity index (χ1v) is 9.02. The number of benzene rings is 3. The number of anilines is 2. The van der Waals surface area contributed by atoms with Gasteiger partial charge in [0.1, 0.15) is 5.82 Å². The number of aliphatic hydroxyl groups excluding tert-OH is 1. The summed E-state index contributed by atoms with van der Waals surface area (Å²) in [6.07, 6.45) is 0. The lowest BCUT2D eigenvalue weighted by Crippen LogP contribution is -2.00. The maximum absolute atomic E-state index is 7.57. The summed E-state index contributed by atoms with van der Waals surface area (Å²) in [5, 5.41) is 10.9. The van der Waals surface area contributed by atoms with Crippen LogP contribution in [0.4, 0.5) is 11.8 Å². The van der Waals surface area contributed by atoms with Gasteiger partial charge in [-0.3, -0.25) is 0 Å². The fourth-order valence-electron chi connectivity index (χ4n) is 2.58. The van der Waals surface area contributed by atoms with Gasteiger partial charge < -0.3 is 16.6 Å².